The first-order chi connectivity index (χ1) is 20.6. The van der Waals surface area contributed by atoms with Gasteiger partial charge >= 0.3 is 0 Å². The third-order valence-corrected chi connectivity index (χ3v) is 7.75. The molecule has 10 heteroatoms. The van der Waals surface area contributed by atoms with E-state index in [9.17, 15) is 4.39 Å². The summed E-state index contributed by atoms with van der Waals surface area (Å²) in [6.45, 7) is 0. The molecule has 3 aromatic heterocycles. The van der Waals surface area contributed by atoms with E-state index in [2.05, 4.69) is 15.0 Å². The van der Waals surface area contributed by atoms with Crippen molar-refractivity contribution in [2.75, 3.05) is 5.12 Å². The molecule has 0 fully saturated rings. The van der Waals surface area contributed by atoms with Crippen LogP contribution < -0.4 is 16.1 Å². The number of rotatable bonds is 0. The summed E-state index contributed by atoms with van der Waals surface area (Å²) in [5.74, 6) is 1.38. The van der Waals surface area contributed by atoms with Gasteiger partial charge in [0.2, 0.25) is 0 Å². The summed E-state index contributed by atoms with van der Waals surface area (Å²) < 4.78 is 31.1. The molecule has 0 atom stereocenters. The number of hydrogen-bond donors (Lipinski definition) is 3. The van der Waals surface area contributed by atoms with Gasteiger partial charge in [-0.1, -0.05) is 77.3 Å². The van der Waals surface area contributed by atoms with Crippen LogP contribution in [0.4, 0.5) is 32.1 Å². The largest absolute Gasteiger partial charge is 0.324 e. The molecule has 7 aromatic rings. The van der Waals surface area contributed by atoms with Gasteiger partial charge in [0.05, 0.1) is 0 Å². The van der Waals surface area contributed by atoms with Crippen LogP contribution in [0.3, 0.4) is 0 Å². The fraction of sp³-hybridized carbons (Fsp3) is 0. The number of hydrogen-bond acceptors (Lipinski definition) is 5. The fourth-order valence-corrected chi connectivity index (χ4v) is 5.81. The second-order valence-corrected chi connectivity index (χ2v) is 10.2. The number of anilines is 2. The maximum Gasteiger partial charge on any atom is 0.164 e. The number of amidine groups is 2. The van der Waals surface area contributed by atoms with Crippen LogP contribution in [-0.4, -0.2) is 26.6 Å². The summed E-state index contributed by atoms with van der Waals surface area (Å²) in [6.07, 6.45) is 0. The van der Waals surface area contributed by atoms with Crippen LogP contribution in [0.5, 0.6) is 0 Å². The SMILES string of the molecule is Fc1ccc2c3[nH]c(c2c1)N(F)c1[nH]c(c2ccccc12)/N=c1\[nH]c(c2ccccc12)=NC1=NC(=N3)c2ccccc21. The number of halogens is 2. The van der Waals surface area contributed by atoms with E-state index in [1.807, 2.05) is 72.8 Å². The Labute approximate surface area is 235 Å². The van der Waals surface area contributed by atoms with Gasteiger partial charge in [0.15, 0.2) is 23.3 Å². The highest BCUT2D eigenvalue weighted by Gasteiger charge is 2.26. The van der Waals surface area contributed by atoms with Gasteiger partial charge < -0.3 is 15.0 Å². The third kappa shape index (κ3) is 3.20. The molecule has 5 heterocycles. The van der Waals surface area contributed by atoms with Crippen LogP contribution >= 0.6 is 0 Å². The van der Waals surface area contributed by atoms with Crippen LogP contribution in [0.1, 0.15) is 11.1 Å². The number of H-pyrrole nitrogens is 3. The summed E-state index contributed by atoms with van der Waals surface area (Å²) in [4.78, 5) is 29.1. The molecule has 0 saturated heterocycles. The molecule has 3 N–H and O–H groups in total. The van der Waals surface area contributed by atoms with E-state index in [1.54, 1.807) is 6.07 Å². The Morgan fingerprint density at radius 2 is 1.05 bits per heavy atom. The van der Waals surface area contributed by atoms with E-state index < -0.39 is 5.82 Å². The van der Waals surface area contributed by atoms with Gasteiger partial charge in [0.25, 0.3) is 0 Å². The average molecular weight is 553 g/mol. The zero-order valence-corrected chi connectivity index (χ0v) is 21.7. The predicted molar refractivity (Wildman–Crippen MR) is 159 cm³/mol. The maximum atomic E-state index is 16.5. The summed E-state index contributed by atoms with van der Waals surface area (Å²) in [5.41, 5.74) is 2.75. The van der Waals surface area contributed by atoms with Crippen molar-refractivity contribution in [3.8, 4) is 0 Å². The normalized spacial score (nSPS) is 14.9. The van der Waals surface area contributed by atoms with Crippen molar-refractivity contribution in [3.05, 3.63) is 119 Å². The number of benzene rings is 4. The first-order valence-corrected chi connectivity index (χ1v) is 13.3. The van der Waals surface area contributed by atoms with Crippen LogP contribution in [0.2, 0.25) is 0 Å². The lowest BCUT2D eigenvalue weighted by Crippen LogP contribution is -2.13. The van der Waals surface area contributed by atoms with Gasteiger partial charge in [-0.2, -0.15) is 0 Å². The molecule has 0 spiro atoms. The quantitative estimate of drug-likeness (QED) is 0.179. The molecule has 8 nitrogen and oxygen atoms in total. The van der Waals surface area contributed by atoms with Gasteiger partial charge in [0, 0.05) is 43.4 Å². The smallest absolute Gasteiger partial charge is 0.164 e. The molecule has 0 saturated carbocycles. The molecule has 9 rings (SSSR count). The van der Waals surface area contributed by atoms with Crippen molar-refractivity contribution in [1.29, 1.82) is 0 Å². The van der Waals surface area contributed by atoms with E-state index in [4.69, 9.17) is 20.0 Å². The molecular formula is C32H18F2N8. The Hall–Kier alpha value is -5.90. The van der Waals surface area contributed by atoms with Crippen LogP contribution in [0.25, 0.3) is 32.3 Å². The van der Waals surface area contributed by atoms with Gasteiger partial charge in [-0.05, 0) is 18.2 Å². The number of nitrogens with zero attached hydrogens (tertiary/aromatic N) is 5. The lowest BCUT2D eigenvalue weighted by atomic mass is 10.1. The molecule has 200 valence electrons. The molecule has 4 aromatic carbocycles. The number of fused-ring (bicyclic) bond motifs is 19. The molecule has 0 unspecified atom stereocenters. The first kappa shape index (κ1) is 22.9. The molecule has 2 aliphatic rings. The third-order valence-electron chi connectivity index (χ3n) is 7.75. The maximum absolute atomic E-state index is 16.5. The molecule has 42 heavy (non-hydrogen) atoms. The molecule has 2 aliphatic heterocycles. The predicted octanol–water partition coefficient (Wildman–Crippen LogP) is 6.72. The molecule has 0 aliphatic carbocycles. The Kier molecular flexibility index (Phi) is 4.52. The summed E-state index contributed by atoms with van der Waals surface area (Å²) >= 11 is 0. The Morgan fingerprint density at radius 3 is 1.79 bits per heavy atom. The van der Waals surface area contributed by atoms with Crippen molar-refractivity contribution in [1.82, 2.24) is 15.0 Å². The van der Waals surface area contributed by atoms with Gasteiger partial charge in [0.1, 0.15) is 28.4 Å². The molecule has 0 amide bonds. The van der Waals surface area contributed by atoms with Crippen molar-refractivity contribution in [3.63, 3.8) is 0 Å². The fourth-order valence-electron chi connectivity index (χ4n) is 5.81. The van der Waals surface area contributed by atoms with E-state index in [0.29, 0.717) is 55.6 Å². The van der Waals surface area contributed by atoms with Crippen LogP contribution in [0.15, 0.2) is 111 Å². The zero-order chi connectivity index (χ0) is 27.9. The minimum Gasteiger partial charge on any atom is -0.324 e. The van der Waals surface area contributed by atoms with E-state index >= 15 is 4.48 Å². The van der Waals surface area contributed by atoms with E-state index in [0.717, 1.165) is 27.3 Å². The Balaban J connectivity index is 1.45. The molecule has 8 bridgehead atoms. The standard InChI is InChI=1S/C32H18F2N8/c33-16-13-14-22-24(15-16)32-41-30(22)39-28-20-10-4-2-8-18(20)26(37-28)35-25-17-7-1-3-9-19(17)27(36-25)38-29-21-11-5-6-12-23(21)31(40-29)42(32)34/h1-15,40-41H,(H,35,36,37,38,39). The van der Waals surface area contributed by atoms with Gasteiger partial charge in [-0.25, -0.2) is 24.4 Å². The highest BCUT2D eigenvalue weighted by molar-refractivity contribution is 6.23. The topological polar surface area (TPSA) is 100 Å². The molecule has 0 radical (unpaired) electrons. The summed E-state index contributed by atoms with van der Waals surface area (Å²) in [5, 5.41) is 4.42. The second-order valence-electron chi connectivity index (χ2n) is 10.2. The Bertz CT molecular complexity index is 2460. The van der Waals surface area contributed by atoms with Gasteiger partial charge in [-0.15, -0.1) is 5.12 Å². The summed E-state index contributed by atoms with van der Waals surface area (Å²) in [7, 11) is 0. The highest BCUT2D eigenvalue weighted by atomic mass is 19.2. The minimum absolute atomic E-state index is 0.0299. The number of aliphatic imine (C=N–C) groups is 2. The van der Waals surface area contributed by atoms with Gasteiger partial charge in [-0.3, -0.25) is 0 Å². The first-order valence-electron chi connectivity index (χ1n) is 13.3. The van der Waals surface area contributed by atoms with Crippen LogP contribution in [-0.2, 0) is 0 Å². The van der Waals surface area contributed by atoms with E-state index in [-0.39, 0.29) is 11.6 Å². The minimum atomic E-state index is -0.493. The van der Waals surface area contributed by atoms with Crippen molar-refractivity contribution >= 4 is 67.3 Å². The monoisotopic (exact) mass is 552 g/mol. The summed E-state index contributed by atoms with van der Waals surface area (Å²) in [6, 6.07) is 27.1. The average Bonchev–Trinajstić information content (AvgIpc) is 3.75. The van der Waals surface area contributed by atoms with E-state index in [1.165, 1.54) is 12.1 Å². The zero-order valence-electron chi connectivity index (χ0n) is 21.7. The Morgan fingerprint density at radius 1 is 0.500 bits per heavy atom. The van der Waals surface area contributed by atoms with Crippen LogP contribution in [0, 0.1) is 5.82 Å². The number of aromatic amines is 3. The van der Waals surface area contributed by atoms with Crippen molar-refractivity contribution < 1.29 is 8.87 Å². The van der Waals surface area contributed by atoms with Crippen molar-refractivity contribution in [2.24, 2.45) is 20.0 Å². The lowest BCUT2D eigenvalue weighted by Gasteiger charge is -2.11. The lowest BCUT2D eigenvalue weighted by molar-refractivity contribution is 0.498. The highest BCUT2D eigenvalue weighted by Crippen LogP contribution is 2.42. The second kappa shape index (κ2) is 8.31. The van der Waals surface area contributed by atoms with Crippen molar-refractivity contribution in [2.45, 2.75) is 0 Å². The number of nitrogens with one attached hydrogen (secondary N) is 3. The number of aromatic nitrogens is 3. The molecular weight excluding hydrogens is 534 g/mol.